The summed E-state index contributed by atoms with van der Waals surface area (Å²) in [5, 5.41) is 22.6. The highest BCUT2D eigenvalue weighted by Crippen LogP contribution is 2.17. The highest BCUT2D eigenvalue weighted by Gasteiger charge is 2.13. The Morgan fingerprint density at radius 1 is 1.56 bits per heavy atom. The van der Waals surface area contributed by atoms with Crippen molar-refractivity contribution in [3.63, 3.8) is 0 Å². The summed E-state index contributed by atoms with van der Waals surface area (Å²) in [5.74, 6) is -0.816. The maximum absolute atomic E-state index is 13.3. The molecular weight excluding hydrogens is 239 g/mol. The summed E-state index contributed by atoms with van der Waals surface area (Å²) in [4.78, 5) is 9.68. The van der Waals surface area contributed by atoms with Crippen LogP contribution in [0.25, 0.3) is 0 Å². The van der Waals surface area contributed by atoms with Gasteiger partial charge >= 0.3 is 5.69 Å². The molecule has 0 bridgehead atoms. The Bertz CT molecular complexity index is 410. The lowest BCUT2D eigenvalue weighted by molar-refractivity contribution is -0.387. The lowest BCUT2D eigenvalue weighted by Crippen LogP contribution is -2.16. The van der Waals surface area contributed by atoms with E-state index in [2.05, 4.69) is 5.32 Å². The first-order chi connectivity index (χ1) is 8.50. The van der Waals surface area contributed by atoms with Gasteiger partial charge in [-0.25, -0.2) is 0 Å². The summed E-state index contributed by atoms with van der Waals surface area (Å²) in [7, 11) is 0. The zero-order valence-electron chi connectivity index (χ0n) is 10.2. The van der Waals surface area contributed by atoms with Crippen LogP contribution in [0.1, 0.15) is 25.3 Å². The summed E-state index contributed by atoms with van der Waals surface area (Å²) in [6.45, 7) is 2.89. The van der Waals surface area contributed by atoms with Crippen LogP contribution in [0.5, 0.6) is 0 Å². The molecule has 0 aliphatic carbocycles. The molecule has 18 heavy (non-hydrogen) atoms. The third kappa shape index (κ3) is 4.77. The lowest BCUT2D eigenvalue weighted by Gasteiger charge is -2.06. The molecular formula is C12H17FN2O3. The number of aliphatic hydroxyl groups is 1. The molecule has 1 rings (SSSR count). The van der Waals surface area contributed by atoms with Crippen molar-refractivity contribution in [2.45, 2.75) is 32.4 Å². The second-order valence-electron chi connectivity index (χ2n) is 4.21. The fourth-order valence-corrected chi connectivity index (χ4v) is 1.56. The third-order valence-electron chi connectivity index (χ3n) is 2.51. The molecule has 1 aromatic rings. The highest BCUT2D eigenvalue weighted by molar-refractivity contribution is 5.34. The van der Waals surface area contributed by atoms with E-state index in [0.717, 1.165) is 6.42 Å². The molecule has 1 aromatic carbocycles. The first kappa shape index (κ1) is 14.5. The molecule has 2 N–H and O–H groups in total. The topological polar surface area (TPSA) is 75.4 Å². The van der Waals surface area contributed by atoms with Crippen LogP contribution in [-0.4, -0.2) is 22.7 Å². The molecule has 1 atom stereocenters. The van der Waals surface area contributed by atoms with Crippen molar-refractivity contribution in [2.24, 2.45) is 0 Å². The minimum absolute atomic E-state index is 0.316. The van der Waals surface area contributed by atoms with Gasteiger partial charge in [0.05, 0.1) is 11.0 Å². The van der Waals surface area contributed by atoms with Crippen LogP contribution in [0.2, 0.25) is 0 Å². The zero-order chi connectivity index (χ0) is 13.5. The Balaban J connectivity index is 2.39. The Kier molecular flexibility index (Phi) is 5.67. The fourth-order valence-electron chi connectivity index (χ4n) is 1.56. The molecule has 100 valence electrons. The molecule has 6 heteroatoms. The van der Waals surface area contributed by atoms with E-state index in [1.165, 1.54) is 18.2 Å². The van der Waals surface area contributed by atoms with Crippen molar-refractivity contribution >= 4 is 5.69 Å². The quantitative estimate of drug-likeness (QED) is 0.444. The molecule has 0 saturated carbocycles. The molecule has 1 unspecified atom stereocenters. The number of hydrogen-bond donors (Lipinski definition) is 2. The van der Waals surface area contributed by atoms with Crippen LogP contribution in [-0.2, 0) is 6.54 Å². The van der Waals surface area contributed by atoms with Crippen LogP contribution < -0.4 is 5.32 Å². The minimum Gasteiger partial charge on any atom is -0.393 e. The second-order valence-corrected chi connectivity index (χ2v) is 4.21. The van der Waals surface area contributed by atoms with E-state index in [1.54, 1.807) is 6.92 Å². The molecule has 0 heterocycles. The van der Waals surface area contributed by atoms with Crippen molar-refractivity contribution < 1.29 is 14.4 Å². The Labute approximate surface area is 105 Å². The number of benzene rings is 1. The van der Waals surface area contributed by atoms with Crippen molar-refractivity contribution in [2.75, 3.05) is 6.54 Å². The van der Waals surface area contributed by atoms with Gasteiger partial charge in [0.25, 0.3) is 0 Å². The normalized spacial score (nSPS) is 12.4. The van der Waals surface area contributed by atoms with Crippen LogP contribution in [0.15, 0.2) is 18.2 Å². The summed E-state index contributed by atoms with van der Waals surface area (Å²) in [5.41, 5.74) is 0.156. The lowest BCUT2D eigenvalue weighted by atomic mass is 10.2. The first-order valence-electron chi connectivity index (χ1n) is 5.82. The Morgan fingerprint density at radius 3 is 2.83 bits per heavy atom. The maximum Gasteiger partial charge on any atom is 0.304 e. The number of hydrogen-bond acceptors (Lipinski definition) is 4. The number of halogens is 1. The van der Waals surface area contributed by atoms with Gasteiger partial charge in [0, 0.05) is 12.6 Å². The largest absolute Gasteiger partial charge is 0.393 e. The molecule has 0 aromatic heterocycles. The standard InChI is InChI=1S/C12H17FN2O3/c1-9(16)3-2-6-14-8-10-4-5-12(15(17)18)11(13)7-10/h4-5,7,9,14,16H,2-3,6,8H2,1H3. The average Bonchev–Trinajstić information content (AvgIpc) is 2.27. The van der Waals surface area contributed by atoms with Crippen LogP contribution in [0.3, 0.4) is 0 Å². The number of nitrogens with one attached hydrogen (secondary N) is 1. The van der Waals surface area contributed by atoms with E-state index in [1.807, 2.05) is 0 Å². The molecule has 0 fully saturated rings. The number of nitro benzene ring substituents is 1. The van der Waals surface area contributed by atoms with E-state index in [-0.39, 0.29) is 6.10 Å². The van der Waals surface area contributed by atoms with Gasteiger partial charge in [-0.3, -0.25) is 10.1 Å². The number of nitro groups is 1. The summed E-state index contributed by atoms with van der Waals surface area (Å²) < 4.78 is 13.3. The van der Waals surface area contributed by atoms with Gasteiger partial charge < -0.3 is 10.4 Å². The van der Waals surface area contributed by atoms with Crippen LogP contribution in [0.4, 0.5) is 10.1 Å². The summed E-state index contributed by atoms with van der Waals surface area (Å²) in [6, 6.07) is 3.87. The van der Waals surface area contributed by atoms with Crippen LogP contribution >= 0.6 is 0 Å². The van der Waals surface area contributed by atoms with E-state index in [0.29, 0.717) is 25.1 Å². The zero-order valence-corrected chi connectivity index (χ0v) is 10.2. The molecule has 0 saturated heterocycles. The molecule has 0 amide bonds. The summed E-state index contributed by atoms with van der Waals surface area (Å²) in [6.07, 6.45) is 1.22. The van der Waals surface area contributed by atoms with Gasteiger partial charge in [-0.15, -0.1) is 0 Å². The monoisotopic (exact) mass is 256 g/mol. The van der Waals surface area contributed by atoms with Crippen molar-refractivity contribution in [3.05, 3.63) is 39.7 Å². The molecule has 0 aliphatic heterocycles. The number of rotatable bonds is 7. The first-order valence-corrected chi connectivity index (χ1v) is 5.82. The summed E-state index contributed by atoms with van der Waals surface area (Å²) >= 11 is 0. The van der Waals surface area contributed by atoms with Gasteiger partial charge in [0.2, 0.25) is 5.82 Å². The van der Waals surface area contributed by atoms with E-state index in [4.69, 9.17) is 5.11 Å². The Hall–Kier alpha value is -1.53. The fraction of sp³-hybridized carbons (Fsp3) is 0.500. The SMILES string of the molecule is CC(O)CCCNCc1ccc([N+](=O)[O-])c(F)c1. The Morgan fingerprint density at radius 2 is 2.28 bits per heavy atom. The average molecular weight is 256 g/mol. The van der Waals surface area contributed by atoms with Crippen molar-refractivity contribution in [1.82, 2.24) is 5.32 Å². The second kappa shape index (κ2) is 7.03. The van der Waals surface area contributed by atoms with Crippen molar-refractivity contribution in [1.29, 1.82) is 0 Å². The number of aliphatic hydroxyl groups excluding tert-OH is 1. The van der Waals surface area contributed by atoms with E-state index in [9.17, 15) is 14.5 Å². The molecule has 5 nitrogen and oxygen atoms in total. The minimum atomic E-state index is -0.816. The van der Waals surface area contributed by atoms with Gasteiger partial charge in [-0.05, 0) is 37.9 Å². The maximum atomic E-state index is 13.3. The van der Waals surface area contributed by atoms with Crippen molar-refractivity contribution in [3.8, 4) is 0 Å². The van der Waals surface area contributed by atoms with Crippen LogP contribution in [0, 0.1) is 15.9 Å². The molecule has 0 aliphatic rings. The van der Waals surface area contributed by atoms with Gasteiger partial charge in [-0.2, -0.15) is 4.39 Å². The van der Waals surface area contributed by atoms with Gasteiger partial charge in [0.1, 0.15) is 0 Å². The number of nitrogens with zero attached hydrogens (tertiary/aromatic N) is 1. The smallest absolute Gasteiger partial charge is 0.304 e. The predicted molar refractivity (Wildman–Crippen MR) is 65.7 cm³/mol. The highest BCUT2D eigenvalue weighted by atomic mass is 19.1. The predicted octanol–water partition coefficient (Wildman–Crippen LogP) is 1.98. The third-order valence-corrected chi connectivity index (χ3v) is 2.51. The van der Waals surface area contributed by atoms with E-state index >= 15 is 0 Å². The molecule has 0 spiro atoms. The molecule has 0 radical (unpaired) electrons. The van der Waals surface area contributed by atoms with Gasteiger partial charge in [0.15, 0.2) is 0 Å². The van der Waals surface area contributed by atoms with E-state index < -0.39 is 16.4 Å². The van der Waals surface area contributed by atoms with Gasteiger partial charge in [-0.1, -0.05) is 6.07 Å².